The zero-order chi connectivity index (χ0) is 26.4. The molecule has 3 aromatic heterocycles. The number of fused-ring (bicyclic) bond motifs is 1. The quantitative estimate of drug-likeness (QED) is 0.482. The van der Waals surface area contributed by atoms with Crippen LogP contribution in [0.3, 0.4) is 0 Å². The zero-order valence-electron chi connectivity index (χ0n) is 21.0. The lowest BCUT2D eigenvalue weighted by atomic mass is 9.74. The molecule has 37 heavy (non-hydrogen) atoms. The largest absolute Gasteiger partial charge is 0.434 e. The SMILES string of the molecule is CC(C)(C)[S@@](=O)N[C@@H]1CCCC12CCN(c1ncc(Sc3cncnc3C(F)(F)F)c3nccn13)CC2. The van der Waals surface area contributed by atoms with Crippen LogP contribution in [0.1, 0.15) is 58.6 Å². The summed E-state index contributed by atoms with van der Waals surface area (Å²) in [4.78, 5) is 18.9. The van der Waals surface area contributed by atoms with Crippen molar-refractivity contribution in [2.75, 3.05) is 18.0 Å². The number of rotatable bonds is 5. The summed E-state index contributed by atoms with van der Waals surface area (Å²) in [6, 6.07) is 0.227. The normalized spacial score (nSPS) is 21.1. The second kappa shape index (κ2) is 9.81. The van der Waals surface area contributed by atoms with Crippen LogP contribution >= 0.6 is 11.8 Å². The van der Waals surface area contributed by atoms with Gasteiger partial charge in [0.15, 0.2) is 11.3 Å². The molecule has 5 rings (SSSR count). The monoisotopic (exact) mass is 553 g/mol. The Kier molecular flexibility index (Phi) is 6.99. The summed E-state index contributed by atoms with van der Waals surface area (Å²) in [6.07, 6.45) is 7.64. The lowest BCUT2D eigenvalue weighted by molar-refractivity contribution is -0.143. The maximum Gasteiger partial charge on any atom is 0.434 e. The highest BCUT2D eigenvalue weighted by molar-refractivity contribution is 7.99. The van der Waals surface area contributed by atoms with E-state index in [4.69, 9.17) is 0 Å². The van der Waals surface area contributed by atoms with Crippen molar-refractivity contribution in [1.29, 1.82) is 0 Å². The van der Waals surface area contributed by atoms with Gasteiger partial charge in [0.2, 0.25) is 5.95 Å². The molecule has 1 spiro atoms. The molecule has 4 heterocycles. The first-order valence-electron chi connectivity index (χ1n) is 12.3. The molecule has 2 atom stereocenters. The van der Waals surface area contributed by atoms with Gasteiger partial charge >= 0.3 is 6.18 Å². The second-order valence-corrected chi connectivity index (χ2v) is 13.8. The van der Waals surface area contributed by atoms with Crippen molar-refractivity contribution in [3.05, 3.63) is 36.8 Å². The third-order valence-corrected chi connectivity index (χ3v) is 9.93. The number of aromatic nitrogens is 5. The van der Waals surface area contributed by atoms with Crippen LogP contribution in [0.2, 0.25) is 0 Å². The van der Waals surface area contributed by atoms with Crippen LogP contribution in [0, 0.1) is 5.41 Å². The van der Waals surface area contributed by atoms with Gasteiger partial charge in [0.05, 0.1) is 25.5 Å². The number of halogens is 3. The van der Waals surface area contributed by atoms with E-state index in [0.29, 0.717) is 16.5 Å². The molecule has 2 aliphatic rings. The van der Waals surface area contributed by atoms with Gasteiger partial charge < -0.3 is 4.90 Å². The Bertz CT molecular complexity index is 1300. The minimum atomic E-state index is -4.58. The molecule has 1 saturated heterocycles. The maximum atomic E-state index is 13.4. The number of hydrogen-bond acceptors (Lipinski definition) is 7. The summed E-state index contributed by atoms with van der Waals surface area (Å²) >= 11 is 0.907. The van der Waals surface area contributed by atoms with Crippen LogP contribution in [0.15, 0.2) is 40.9 Å². The van der Waals surface area contributed by atoms with E-state index in [2.05, 4.69) is 29.6 Å². The van der Waals surface area contributed by atoms with E-state index >= 15 is 0 Å². The Morgan fingerprint density at radius 2 is 1.84 bits per heavy atom. The average Bonchev–Trinajstić information content (AvgIpc) is 3.47. The minimum absolute atomic E-state index is 0.0956. The van der Waals surface area contributed by atoms with Crippen molar-refractivity contribution in [3.63, 3.8) is 0 Å². The Morgan fingerprint density at radius 1 is 1.08 bits per heavy atom. The first-order chi connectivity index (χ1) is 17.5. The lowest BCUT2D eigenvalue weighted by Gasteiger charge is -2.44. The number of nitrogens with one attached hydrogen (secondary N) is 1. The fraction of sp³-hybridized carbons (Fsp3) is 0.583. The molecule has 8 nitrogen and oxygen atoms in total. The van der Waals surface area contributed by atoms with Crippen LogP contribution in [-0.4, -0.2) is 52.4 Å². The Labute approximate surface area is 220 Å². The molecule has 2 fully saturated rings. The topological polar surface area (TPSA) is 88.3 Å². The van der Waals surface area contributed by atoms with Gasteiger partial charge in [-0.25, -0.2) is 28.9 Å². The third-order valence-electron chi connectivity index (χ3n) is 7.30. The molecular weight excluding hydrogens is 523 g/mol. The Hall–Kier alpha value is -2.25. The molecule has 3 aromatic rings. The van der Waals surface area contributed by atoms with Crippen molar-refractivity contribution >= 4 is 34.3 Å². The van der Waals surface area contributed by atoms with E-state index in [0.717, 1.165) is 69.5 Å². The first-order valence-corrected chi connectivity index (χ1v) is 14.2. The number of imidazole rings is 1. The number of anilines is 1. The third kappa shape index (κ3) is 5.22. The molecule has 1 aliphatic heterocycles. The highest BCUT2D eigenvalue weighted by Crippen LogP contribution is 2.47. The number of alkyl halides is 3. The highest BCUT2D eigenvalue weighted by atomic mass is 32.2. The maximum absolute atomic E-state index is 13.4. The van der Waals surface area contributed by atoms with E-state index in [-0.39, 0.29) is 21.1 Å². The van der Waals surface area contributed by atoms with E-state index in [9.17, 15) is 17.4 Å². The second-order valence-electron chi connectivity index (χ2n) is 10.7. The zero-order valence-corrected chi connectivity index (χ0v) is 22.6. The van der Waals surface area contributed by atoms with Gasteiger partial charge in [0.1, 0.15) is 6.33 Å². The molecule has 0 aromatic carbocycles. The summed E-state index contributed by atoms with van der Waals surface area (Å²) in [5, 5.41) is 0. The molecular formula is C24H30F3N7OS2. The first kappa shape index (κ1) is 26.4. The van der Waals surface area contributed by atoms with Crippen molar-refractivity contribution in [3.8, 4) is 0 Å². The van der Waals surface area contributed by atoms with Gasteiger partial charge in [0.25, 0.3) is 0 Å². The van der Waals surface area contributed by atoms with Gasteiger partial charge in [-0.1, -0.05) is 18.2 Å². The van der Waals surface area contributed by atoms with Crippen molar-refractivity contribution in [1.82, 2.24) is 29.1 Å². The smallest absolute Gasteiger partial charge is 0.342 e. The predicted octanol–water partition coefficient (Wildman–Crippen LogP) is 4.88. The van der Waals surface area contributed by atoms with Crippen LogP contribution in [0.4, 0.5) is 19.1 Å². The Balaban J connectivity index is 1.35. The van der Waals surface area contributed by atoms with Gasteiger partial charge in [-0.15, -0.1) is 0 Å². The molecule has 1 aliphatic carbocycles. The van der Waals surface area contributed by atoms with Crippen molar-refractivity contribution < 1.29 is 17.4 Å². The molecule has 0 radical (unpaired) electrons. The standard InChI is InChI=1S/C24H30F3N7OS2/c1-22(2,3)37(35)32-18-5-4-6-23(18)7-10-33(11-8-23)21-30-14-17(20-29-9-12-34(20)21)36-16-13-28-15-31-19(16)24(25,26)27/h9,12-15,18,32H,4-8,10-11H2,1-3H3/t18-,37-/m1/s1. The fourth-order valence-electron chi connectivity index (χ4n) is 5.29. The number of hydrogen-bond donors (Lipinski definition) is 1. The highest BCUT2D eigenvalue weighted by Gasteiger charge is 2.46. The lowest BCUT2D eigenvalue weighted by Crippen LogP contribution is -2.51. The van der Waals surface area contributed by atoms with Gasteiger partial charge in [-0.2, -0.15) is 13.2 Å². The summed E-state index contributed by atoms with van der Waals surface area (Å²) < 4.78 is 58.0. The molecule has 0 unspecified atom stereocenters. The summed E-state index contributed by atoms with van der Waals surface area (Å²) in [6.45, 7) is 7.53. The van der Waals surface area contributed by atoms with Crippen LogP contribution < -0.4 is 9.62 Å². The van der Waals surface area contributed by atoms with Crippen molar-refractivity contribution in [2.45, 2.75) is 79.6 Å². The molecule has 13 heteroatoms. The van der Waals surface area contributed by atoms with E-state index in [1.807, 2.05) is 25.2 Å². The molecule has 1 N–H and O–H groups in total. The van der Waals surface area contributed by atoms with E-state index in [1.165, 1.54) is 0 Å². The van der Waals surface area contributed by atoms with Gasteiger partial charge in [-0.05, 0) is 51.9 Å². The summed E-state index contributed by atoms with van der Waals surface area (Å²) in [5.74, 6) is 0.716. The fourth-order valence-corrected chi connectivity index (χ4v) is 7.23. The van der Waals surface area contributed by atoms with Crippen molar-refractivity contribution in [2.24, 2.45) is 5.41 Å². The van der Waals surface area contributed by atoms with Crippen LogP contribution in [0.25, 0.3) is 5.65 Å². The van der Waals surface area contributed by atoms with E-state index < -0.39 is 22.9 Å². The number of nitrogens with zero attached hydrogens (tertiary/aromatic N) is 6. The van der Waals surface area contributed by atoms with Gasteiger partial charge in [0, 0.05) is 43.9 Å². The minimum Gasteiger partial charge on any atom is -0.342 e. The van der Waals surface area contributed by atoms with Gasteiger partial charge in [-0.3, -0.25) is 4.40 Å². The molecule has 1 saturated carbocycles. The number of piperidine rings is 1. The molecule has 0 bridgehead atoms. The summed E-state index contributed by atoms with van der Waals surface area (Å²) in [5.41, 5.74) is -0.328. The average molecular weight is 554 g/mol. The molecule has 0 amide bonds. The molecule has 200 valence electrons. The Morgan fingerprint density at radius 3 is 2.54 bits per heavy atom. The predicted molar refractivity (Wildman–Crippen MR) is 137 cm³/mol. The van der Waals surface area contributed by atoms with Crippen LogP contribution in [-0.2, 0) is 17.2 Å². The van der Waals surface area contributed by atoms with E-state index in [1.54, 1.807) is 18.6 Å². The summed E-state index contributed by atoms with van der Waals surface area (Å²) in [7, 11) is -1.11. The van der Waals surface area contributed by atoms with Crippen LogP contribution in [0.5, 0.6) is 0 Å².